The summed E-state index contributed by atoms with van der Waals surface area (Å²) in [6.07, 6.45) is 0.994. The predicted molar refractivity (Wildman–Crippen MR) is 42.8 cm³/mol. The fraction of sp³-hybridized carbons (Fsp3) is 0.286. The average Bonchev–Trinajstić information content (AvgIpc) is 2.04. The van der Waals surface area contributed by atoms with Crippen molar-refractivity contribution in [3.8, 4) is 0 Å². The maximum Gasteiger partial charge on any atom is 0.413 e. The van der Waals surface area contributed by atoms with Gasteiger partial charge in [-0.1, -0.05) is 0 Å². The smallest absolute Gasteiger partial charge is 0.413 e. The summed E-state index contributed by atoms with van der Waals surface area (Å²) in [5.74, 6) is 0.252. The van der Waals surface area contributed by atoms with Gasteiger partial charge < -0.3 is 4.74 Å². The second kappa shape index (κ2) is 3.66. The summed E-state index contributed by atoms with van der Waals surface area (Å²) in [7, 11) is 1.28. The van der Waals surface area contributed by atoms with E-state index in [4.69, 9.17) is 0 Å². The van der Waals surface area contributed by atoms with Crippen molar-refractivity contribution >= 4 is 12.0 Å². The second-order valence-electron chi connectivity index (χ2n) is 2.14. The highest BCUT2D eigenvalue weighted by Gasteiger charge is 2.01. The Morgan fingerprint density at radius 3 is 3.00 bits per heavy atom. The number of amides is 1. The first kappa shape index (κ1) is 8.45. The van der Waals surface area contributed by atoms with Gasteiger partial charge in [-0.05, 0) is 13.0 Å². The number of hydrogen-bond donors (Lipinski definition) is 1. The van der Waals surface area contributed by atoms with Gasteiger partial charge in [0.1, 0.15) is 0 Å². The lowest BCUT2D eigenvalue weighted by Gasteiger charge is -2.00. The quantitative estimate of drug-likeness (QED) is 0.676. The zero-order valence-corrected chi connectivity index (χ0v) is 6.87. The molecule has 12 heavy (non-hydrogen) atoms. The van der Waals surface area contributed by atoms with E-state index in [1.54, 1.807) is 12.3 Å². The van der Waals surface area contributed by atoms with Crippen LogP contribution in [0.25, 0.3) is 0 Å². The van der Waals surface area contributed by atoms with E-state index in [2.05, 4.69) is 20.0 Å². The molecule has 0 saturated heterocycles. The molecule has 0 aromatic carbocycles. The van der Waals surface area contributed by atoms with Gasteiger partial charge in [0, 0.05) is 11.9 Å². The maximum absolute atomic E-state index is 10.7. The van der Waals surface area contributed by atoms with Crippen LogP contribution in [0.3, 0.4) is 0 Å². The van der Waals surface area contributed by atoms with E-state index in [1.165, 1.54) is 7.11 Å². The lowest BCUT2D eigenvalue weighted by atomic mass is 10.5. The Balaban J connectivity index is 2.69. The minimum absolute atomic E-state index is 0.252. The van der Waals surface area contributed by atoms with Crippen LogP contribution in [0.5, 0.6) is 0 Å². The third-order valence-corrected chi connectivity index (χ3v) is 1.19. The first-order valence-electron chi connectivity index (χ1n) is 3.37. The molecule has 0 aliphatic heterocycles. The Labute approximate surface area is 69.8 Å². The summed E-state index contributed by atoms with van der Waals surface area (Å²) in [6.45, 7) is 1.81. The molecule has 1 N–H and O–H groups in total. The highest BCUT2D eigenvalue weighted by molar-refractivity contribution is 5.81. The van der Waals surface area contributed by atoms with Gasteiger partial charge in [-0.15, -0.1) is 0 Å². The zero-order valence-electron chi connectivity index (χ0n) is 6.87. The van der Waals surface area contributed by atoms with Crippen molar-refractivity contribution in [3.63, 3.8) is 0 Å². The molecule has 1 rings (SSSR count). The highest BCUT2D eigenvalue weighted by Crippen LogP contribution is 1.98. The maximum atomic E-state index is 10.7. The zero-order chi connectivity index (χ0) is 8.97. The number of hydrogen-bond acceptors (Lipinski definition) is 4. The first-order valence-corrected chi connectivity index (χ1v) is 3.37. The van der Waals surface area contributed by atoms with Crippen LogP contribution >= 0.6 is 0 Å². The van der Waals surface area contributed by atoms with Crippen LogP contribution < -0.4 is 5.32 Å². The largest absolute Gasteiger partial charge is 0.453 e. The monoisotopic (exact) mass is 167 g/mol. The van der Waals surface area contributed by atoms with Crippen LogP contribution in [-0.4, -0.2) is 23.2 Å². The molecule has 5 nitrogen and oxygen atoms in total. The average molecular weight is 167 g/mol. The van der Waals surface area contributed by atoms with Gasteiger partial charge in [0.05, 0.1) is 7.11 Å². The van der Waals surface area contributed by atoms with Crippen LogP contribution in [0.1, 0.15) is 5.69 Å². The lowest BCUT2D eigenvalue weighted by molar-refractivity contribution is 0.186. The Kier molecular flexibility index (Phi) is 2.57. The Bertz CT molecular complexity index is 288. The van der Waals surface area contributed by atoms with E-state index in [0.717, 1.165) is 5.69 Å². The molecule has 0 bridgehead atoms. The molecule has 0 unspecified atom stereocenters. The van der Waals surface area contributed by atoms with E-state index in [-0.39, 0.29) is 5.95 Å². The third-order valence-electron chi connectivity index (χ3n) is 1.19. The van der Waals surface area contributed by atoms with Crippen molar-refractivity contribution in [1.29, 1.82) is 0 Å². The molecular weight excluding hydrogens is 158 g/mol. The Hall–Kier alpha value is -1.65. The van der Waals surface area contributed by atoms with Gasteiger partial charge in [-0.3, -0.25) is 5.32 Å². The molecule has 1 aromatic heterocycles. The number of ether oxygens (including phenoxy) is 1. The van der Waals surface area contributed by atoms with E-state index in [0.29, 0.717) is 0 Å². The van der Waals surface area contributed by atoms with Crippen LogP contribution in [0, 0.1) is 6.92 Å². The van der Waals surface area contributed by atoms with Crippen molar-refractivity contribution < 1.29 is 9.53 Å². The standard InChI is InChI=1S/C7H9N3O2/c1-5-3-4-8-6(9-5)10-7(11)12-2/h3-4H,1-2H3,(H,8,9,10,11). The van der Waals surface area contributed by atoms with Gasteiger partial charge >= 0.3 is 6.09 Å². The van der Waals surface area contributed by atoms with Crippen LogP contribution in [0.4, 0.5) is 10.7 Å². The summed E-state index contributed by atoms with van der Waals surface area (Å²) >= 11 is 0. The lowest BCUT2D eigenvalue weighted by Crippen LogP contribution is -2.13. The summed E-state index contributed by atoms with van der Waals surface area (Å²) in [6, 6.07) is 1.74. The van der Waals surface area contributed by atoms with Gasteiger partial charge in [0.15, 0.2) is 0 Å². The van der Waals surface area contributed by atoms with Gasteiger partial charge in [0.2, 0.25) is 5.95 Å². The molecule has 0 radical (unpaired) electrons. The van der Waals surface area contributed by atoms with Crippen molar-refractivity contribution in [1.82, 2.24) is 9.97 Å². The third kappa shape index (κ3) is 2.19. The van der Waals surface area contributed by atoms with Gasteiger partial charge in [-0.2, -0.15) is 0 Å². The second-order valence-corrected chi connectivity index (χ2v) is 2.14. The number of nitrogens with one attached hydrogen (secondary N) is 1. The van der Waals surface area contributed by atoms with Gasteiger partial charge in [-0.25, -0.2) is 14.8 Å². The number of aromatic nitrogens is 2. The van der Waals surface area contributed by atoms with Crippen molar-refractivity contribution in [2.24, 2.45) is 0 Å². The summed E-state index contributed by atoms with van der Waals surface area (Å²) in [5, 5.41) is 2.35. The number of methoxy groups -OCH3 is 1. The number of carbonyl (C=O) groups excluding carboxylic acids is 1. The molecule has 1 heterocycles. The molecule has 0 aliphatic rings. The number of carbonyl (C=O) groups is 1. The number of nitrogens with zero attached hydrogens (tertiary/aromatic N) is 2. The highest BCUT2D eigenvalue weighted by atomic mass is 16.5. The van der Waals surface area contributed by atoms with Crippen molar-refractivity contribution in [3.05, 3.63) is 18.0 Å². The number of rotatable bonds is 1. The number of aryl methyl sites for hydroxylation is 1. The fourth-order valence-corrected chi connectivity index (χ4v) is 0.651. The van der Waals surface area contributed by atoms with E-state index in [1.807, 2.05) is 6.92 Å². The molecule has 0 saturated carbocycles. The molecule has 0 aliphatic carbocycles. The summed E-state index contributed by atoms with van der Waals surface area (Å²) in [5.41, 5.74) is 0.788. The number of anilines is 1. The minimum Gasteiger partial charge on any atom is -0.453 e. The summed E-state index contributed by atoms with van der Waals surface area (Å²) in [4.78, 5) is 18.4. The Morgan fingerprint density at radius 2 is 2.42 bits per heavy atom. The predicted octanol–water partition coefficient (Wildman–Crippen LogP) is 0.963. The molecule has 0 spiro atoms. The molecule has 1 amide bonds. The normalized spacial score (nSPS) is 9.17. The van der Waals surface area contributed by atoms with E-state index < -0.39 is 6.09 Å². The molecular formula is C7H9N3O2. The van der Waals surface area contributed by atoms with Crippen molar-refractivity contribution in [2.75, 3.05) is 12.4 Å². The van der Waals surface area contributed by atoms with Crippen molar-refractivity contribution in [2.45, 2.75) is 6.92 Å². The minimum atomic E-state index is -0.569. The summed E-state index contributed by atoms with van der Waals surface area (Å²) < 4.78 is 4.36. The van der Waals surface area contributed by atoms with Crippen LogP contribution in [-0.2, 0) is 4.74 Å². The molecule has 5 heteroatoms. The first-order chi connectivity index (χ1) is 5.72. The molecule has 64 valence electrons. The fourth-order valence-electron chi connectivity index (χ4n) is 0.651. The van der Waals surface area contributed by atoms with Gasteiger partial charge in [0.25, 0.3) is 0 Å². The van der Waals surface area contributed by atoms with E-state index >= 15 is 0 Å². The molecule has 0 fully saturated rings. The molecule has 1 aromatic rings. The van der Waals surface area contributed by atoms with Crippen LogP contribution in [0.2, 0.25) is 0 Å². The topological polar surface area (TPSA) is 64.1 Å². The van der Waals surface area contributed by atoms with E-state index in [9.17, 15) is 4.79 Å². The van der Waals surface area contributed by atoms with Crippen LogP contribution in [0.15, 0.2) is 12.3 Å². The molecule has 0 atom stereocenters. The SMILES string of the molecule is COC(=O)Nc1nccc(C)n1. The Morgan fingerprint density at radius 1 is 1.67 bits per heavy atom.